The molecule has 0 bridgehead atoms. The largest absolute Gasteiger partial charge is 0.486 e. The average molecular weight is 443 g/mol. The predicted molar refractivity (Wildman–Crippen MR) is 116 cm³/mol. The molecule has 2 aromatic rings. The Morgan fingerprint density at radius 2 is 1.77 bits per heavy atom. The number of nitrogens with zero attached hydrogens (tertiary/aromatic N) is 3. The molecule has 164 valence electrons. The van der Waals surface area contributed by atoms with Gasteiger partial charge in [0.05, 0.1) is 6.67 Å². The van der Waals surface area contributed by atoms with E-state index in [1.807, 2.05) is 6.07 Å². The van der Waals surface area contributed by atoms with E-state index >= 15 is 0 Å². The molecule has 1 aromatic carbocycles. The quantitative estimate of drug-likeness (QED) is 0.715. The zero-order valence-corrected chi connectivity index (χ0v) is 18.3. The first kappa shape index (κ1) is 20.3. The summed E-state index contributed by atoms with van der Waals surface area (Å²) in [6.45, 7) is 7.46. The van der Waals surface area contributed by atoms with E-state index in [9.17, 15) is 9.59 Å². The summed E-state index contributed by atoms with van der Waals surface area (Å²) in [6, 6.07) is 9.28. The van der Waals surface area contributed by atoms with E-state index in [0.717, 1.165) is 32.7 Å². The highest BCUT2D eigenvalue weighted by atomic mass is 32.1. The first-order valence-corrected chi connectivity index (χ1v) is 11.4. The van der Waals surface area contributed by atoms with Gasteiger partial charge in [-0.1, -0.05) is 12.1 Å². The monoisotopic (exact) mass is 442 g/mol. The van der Waals surface area contributed by atoms with Crippen LogP contribution in [0.4, 0.5) is 4.79 Å². The minimum absolute atomic E-state index is 0.241. The maximum atomic E-state index is 13.3. The molecular weight excluding hydrogens is 416 g/mol. The van der Waals surface area contributed by atoms with E-state index in [1.54, 1.807) is 30.4 Å². The van der Waals surface area contributed by atoms with E-state index in [2.05, 4.69) is 32.6 Å². The van der Waals surface area contributed by atoms with Crippen LogP contribution in [0.1, 0.15) is 17.4 Å². The van der Waals surface area contributed by atoms with E-state index in [-0.39, 0.29) is 11.9 Å². The molecule has 2 fully saturated rings. The van der Waals surface area contributed by atoms with Crippen molar-refractivity contribution in [1.82, 2.24) is 20.0 Å². The summed E-state index contributed by atoms with van der Waals surface area (Å²) in [7, 11) is 0. The lowest BCUT2D eigenvalue weighted by atomic mass is 9.91. The molecule has 9 heteroatoms. The standard InChI is InChI=1S/C22H26N4O4S/c1-22(16-4-5-18-19(13-16)30-11-10-29-18)20(27)26(21(28)23-22)15-25-8-6-24(7-9-25)14-17-3-2-12-31-17/h2-5,12-13H,6-11,14-15H2,1H3,(H,23,28). The molecule has 0 radical (unpaired) electrons. The summed E-state index contributed by atoms with van der Waals surface area (Å²) in [6.07, 6.45) is 0. The molecule has 1 atom stereocenters. The normalized spacial score (nSPS) is 24.5. The molecule has 3 amide bonds. The highest BCUT2D eigenvalue weighted by Gasteiger charge is 2.49. The van der Waals surface area contributed by atoms with Crippen LogP contribution in [0.2, 0.25) is 0 Å². The number of thiophene rings is 1. The number of nitrogens with one attached hydrogen (secondary N) is 1. The number of hydrogen-bond acceptors (Lipinski definition) is 7. The maximum Gasteiger partial charge on any atom is 0.326 e. The lowest BCUT2D eigenvalue weighted by Crippen LogP contribution is -2.51. The Balaban J connectivity index is 1.23. The molecule has 0 aliphatic carbocycles. The molecule has 1 N–H and O–H groups in total. The Morgan fingerprint density at radius 3 is 2.52 bits per heavy atom. The third kappa shape index (κ3) is 3.88. The third-order valence-corrected chi connectivity index (χ3v) is 7.02. The fourth-order valence-electron chi connectivity index (χ4n) is 4.29. The number of carbonyl (C=O) groups is 2. The van der Waals surface area contributed by atoms with Gasteiger partial charge in [-0.05, 0) is 36.1 Å². The highest BCUT2D eigenvalue weighted by Crippen LogP contribution is 2.36. The molecular formula is C22H26N4O4S. The summed E-state index contributed by atoms with van der Waals surface area (Å²) in [5.74, 6) is 1.02. The zero-order valence-electron chi connectivity index (χ0n) is 17.5. The molecule has 31 heavy (non-hydrogen) atoms. The van der Waals surface area contributed by atoms with Crippen LogP contribution in [0.5, 0.6) is 11.5 Å². The summed E-state index contributed by atoms with van der Waals surface area (Å²) < 4.78 is 11.2. The second kappa shape index (κ2) is 8.14. The Labute approximate surface area is 185 Å². The summed E-state index contributed by atoms with van der Waals surface area (Å²) in [4.78, 5) is 33.3. The van der Waals surface area contributed by atoms with Gasteiger partial charge in [0.15, 0.2) is 11.5 Å². The molecule has 1 aromatic heterocycles. The number of imide groups is 1. The number of fused-ring (bicyclic) bond motifs is 1. The molecule has 0 saturated carbocycles. The van der Waals surface area contributed by atoms with E-state index in [4.69, 9.17) is 9.47 Å². The zero-order chi connectivity index (χ0) is 21.4. The molecule has 2 saturated heterocycles. The molecule has 8 nitrogen and oxygen atoms in total. The fourth-order valence-corrected chi connectivity index (χ4v) is 5.03. The van der Waals surface area contributed by atoms with Crippen LogP contribution < -0.4 is 14.8 Å². The van der Waals surface area contributed by atoms with Crippen molar-refractivity contribution in [3.8, 4) is 11.5 Å². The fraction of sp³-hybridized carbons (Fsp3) is 0.455. The first-order valence-electron chi connectivity index (χ1n) is 10.5. The van der Waals surface area contributed by atoms with Gasteiger partial charge < -0.3 is 14.8 Å². The van der Waals surface area contributed by atoms with Crippen LogP contribution in [-0.2, 0) is 16.9 Å². The van der Waals surface area contributed by atoms with Crippen LogP contribution in [0, 0.1) is 0 Å². The number of carbonyl (C=O) groups excluding carboxylic acids is 2. The van der Waals surface area contributed by atoms with Gasteiger partial charge in [-0.3, -0.25) is 14.6 Å². The smallest absolute Gasteiger partial charge is 0.326 e. The molecule has 3 aliphatic heterocycles. The van der Waals surface area contributed by atoms with Gasteiger partial charge in [0.1, 0.15) is 18.8 Å². The number of ether oxygens (including phenoxy) is 2. The minimum atomic E-state index is -1.12. The van der Waals surface area contributed by atoms with Crippen molar-refractivity contribution in [1.29, 1.82) is 0 Å². The summed E-state index contributed by atoms with van der Waals surface area (Å²) >= 11 is 1.77. The topological polar surface area (TPSA) is 74.4 Å². The van der Waals surface area contributed by atoms with Crippen LogP contribution >= 0.6 is 11.3 Å². The lowest BCUT2D eigenvalue weighted by molar-refractivity contribution is -0.132. The Morgan fingerprint density at radius 1 is 1.03 bits per heavy atom. The van der Waals surface area contributed by atoms with Crippen molar-refractivity contribution < 1.29 is 19.1 Å². The van der Waals surface area contributed by atoms with Crippen molar-refractivity contribution in [3.63, 3.8) is 0 Å². The van der Waals surface area contributed by atoms with Crippen LogP contribution in [0.3, 0.4) is 0 Å². The molecule has 5 rings (SSSR count). The minimum Gasteiger partial charge on any atom is -0.486 e. The molecule has 1 unspecified atom stereocenters. The van der Waals surface area contributed by atoms with Crippen LogP contribution in [0.15, 0.2) is 35.7 Å². The van der Waals surface area contributed by atoms with E-state index in [0.29, 0.717) is 36.9 Å². The van der Waals surface area contributed by atoms with Gasteiger partial charge >= 0.3 is 6.03 Å². The SMILES string of the molecule is CC1(c2ccc3c(c2)OCCO3)NC(=O)N(CN2CCN(Cc3cccs3)CC2)C1=O. The van der Waals surface area contributed by atoms with Gasteiger partial charge in [0.25, 0.3) is 5.91 Å². The van der Waals surface area contributed by atoms with Crippen molar-refractivity contribution in [2.75, 3.05) is 46.1 Å². The molecule has 4 heterocycles. The number of amides is 3. The third-order valence-electron chi connectivity index (χ3n) is 6.16. The van der Waals surface area contributed by atoms with Crippen molar-refractivity contribution in [3.05, 3.63) is 46.2 Å². The van der Waals surface area contributed by atoms with Crippen LogP contribution in [-0.4, -0.2) is 72.7 Å². The number of urea groups is 1. The van der Waals surface area contributed by atoms with Gasteiger partial charge in [0.2, 0.25) is 0 Å². The average Bonchev–Trinajstić information content (AvgIpc) is 3.37. The Hall–Kier alpha value is -2.62. The van der Waals surface area contributed by atoms with Gasteiger partial charge in [-0.2, -0.15) is 0 Å². The summed E-state index contributed by atoms with van der Waals surface area (Å²) in [5.41, 5.74) is -0.424. The van der Waals surface area contributed by atoms with E-state index in [1.165, 1.54) is 9.78 Å². The van der Waals surface area contributed by atoms with E-state index < -0.39 is 5.54 Å². The van der Waals surface area contributed by atoms with Crippen LogP contribution in [0.25, 0.3) is 0 Å². The van der Waals surface area contributed by atoms with Gasteiger partial charge in [0, 0.05) is 37.6 Å². The number of benzene rings is 1. The first-order chi connectivity index (χ1) is 15.0. The Bertz CT molecular complexity index is 974. The molecule has 3 aliphatic rings. The maximum absolute atomic E-state index is 13.3. The van der Waals surface area contributed by atoms with Crippen molar-refractivity contribution >= 4 is 23.3 Å². The highest BCUT2D eigenvalue weighted by molar-refractivity contribution is 7.09. The second-order valence-electron chi connectivity index (χ2n) is 8.26. The van der Waals surface area contributed by atoms with Gasteiger partial charge in [-0.15, -0.1) is 11.3 Å². The predicted octanol–water partition coefficient (Wildman–Crippen LogP) is 2.06. The molecule has 0 spiro atoms. The number of rotatable bonds is 5. The second-order valence-corrected chi connectivity index (χ2v) is 9.29. The number of piperazine rings is 1. The van der Waals surface area contributed by atoms with Gasteiger partial charge in [-0.25, -0.2) is 9.69 Å². The Kier molecular flexibility index (Phi) is 5.33. The van der Waals surface area contributed by atoms with Crippen molar-refractivity contribution in [2.24, 2.45) is 0 Å². The van der Waals surface area contributed by atoms with Crippen molar-refractivity contribution in [2.45, 2.75) is 19.0 Å². The lowest BCUT2D eigenvalue weighted by Gasteiger charge is -2.35. The number of hydrogen-bond donors (Lipinski definition) is 1. The summed E-state index contributed by atoms with van der Waals surface area (Å²) in [5, 5.41) is 4.99.